The van der Waals surface area contributed by atoms with E-state index in [1.165, 1.54) is 7.11 Å². The number of hydrogen-bond donors (Lipinski definition) is 2. The monoisotopic (exact) mass is 290 g/mol. The number of pyridine rings is 1. The molecule has 0 fully saturated rings. The standard InChI is InChI=1S/C14H14N2O3S/c1-19-14(18)12(8-20)16-13(17)11-7-6-9-4-2-3-5-10(9)15-11/h2-7,12,20H,8H2,1H3,(H,16,17)/t12-/m1/s1. The van der Waals surface area contributed by atoms with Crippen LogP contribution in [0.3, 0.4) is 0 Å². The van der Waals surface area contributed by atoms with Gasteiger partial charge < -0.3 is 10.1 Å². The molecule has 0 aliphatic carbocycles. The second-order valence-electron chi connectivity index (χ2n) is 4.12. The van der Waals surface area contributed by atoms with E-state index in [9.17, 15) is 9.59 Å². The smallest absolute Gasteiger partial charge is 0.329 e. The first-order chi connectivity index (χ1) is 9.65. The minimum Gasteiger partial charge on any atom is -0.467 e. The summed E-state index contributed by atoms with van der Waals surface area (Å²) in [7, 11) is 1.26. The molecule has 1 heterocycles. The number of fused-ring (bicyclic) bond motifs is 1. The molecule has 1 aromatic heterocycles. The van der Waals surface area contributed by atoms with E-state index < -0.39 is 17.9 Å². The van der Waals surface area contributed by atoms with E-state index in [0.717, 1.165) is 10.9 Å². The van der Waals surface area contributed by atoms with Crippen molar-refractivity contribution >= 4 is 35.4 Å². The Morgan fingerprint density at radius 2 is 2.05 bits per heavy atom. The van der Waals surface area contributed by atoms with Gasteiger partial charge in [-0.1, -0.05) is 24.3 Å². The Labute approximate surface area is 121 Å². The third-order valence-corrected chi connectivity index (χ3v) is 3.17. The molecule has 0 radical (unpaired) electrons. The van der Waals surface area contributed by atoms with E-state index in [-0.39, 0.29) is 11.4 Å². The van der Waals surface area contributed by atoms with Gasteiger partial charge in [-0.25, -0.2) is 9.78 Å². The first-order valence-corrected chi connectivity index (χ1v) is 6.64. The van der Waals surface area contributed by atoms with Gasteiger partial charge in [-0.3, -0.25) is 4.79 Å². The van der Waals surface area contributed by atoms with Gasteiger partial charge in [0.2, 0.25) is 0 Å². The van der Waals surface area contributed by atoms with E-state index in [2.05, 4.69) is 27.7 Å². The number of carbonyl (C=O) groups excluding carboxylic acids is 2. The van der Waals surface area contributed by atoms with Crippen LogP contribution in [0.2, 0.25) is 0 Å². The number of benzene rings is 1. The summed E-state index contributed by atoms with van der Waals surface area (Å²) in [5, 5.41) is 3.49. The Morgan fingerprint density at radius 1 is 1.30 bits per heavy atom. The lowest BCUT2D eigenvalue weighted by Crippen LogP contribution is -2.43. The maximum atomic E-state index is 12.1. The number of carbonyl (C=O) groups is 2. The summed E-state index contributed by atoms with van der Waals surface area (Å²) in [6.45, 7) is 0. The molecule has 6 heteroatoms. The van der Waals surface area contributed by atoms with Crippen LogP contribution in [-0.4, -0.2) is 35.8 Å². The minimum atomic E-state index is -0.788. The molecule has 1 amide bonds. The van der Waals surface area contributed by atoms with Crippen molar-refractivity contribution < 1.29 is 14.3 Å². The summed E-state index contributed by atoms with van der Waals surface area (Å²) >= 11 is 4.02. The average Bonchev–Trinajstić information content (AvgIpc) is 2.51. The molecule has 0 spiro atoms. The zero-order valence-corrected chi connectivity index (χ0v) is 11.8. The molecule has 104 valence electrons. The highest BCUT2D eigenvalue weighted by atomic mass is 32.1. The zero-order chi connectivity index (χ0) is 14.5. The van der Waals surface area contributed by atoms with Crippen LogP contribution in [-0.2, 0) is 9.53 Å². The molecule has 0 saturated heterocycles. The SMILES string of the molecule is COC(=O)[C@@H](CS)NC(=O)c1ccc2ccccc2n1. The number of esters is 1. The number of rotatable bonds is 4. The van der Waals surface area contributed by atoms with Crippen LogP contribution in [0.5, 0.6) is 0 Å². The molecule has 0 aliphatic heterocycles. The number of ether oxygens (including phenoxy) is 1. The fourth-order valence-corrected chi connectivity index (χ4v) is 1.99. The lowest BCUT2D eigenvalue weighted by Gasteiger charge is -2.13. The molecule has 1 N–H and O–H groups in total. The van der Waals surface area contributed by atoms with Crippen LogP contribution in [0.15, 0.2) is 36.4 Å². The first kappa shape index (κ1) is 14.3. The normalized spacial score (nSPS) is 11.9. The fourth-order valence-electron chi connectivity index (χ4n) is 1.75. The van der Waals surface area contributed by atoms with Gasteiger partial charge in [0.05, 0.1) is 12.6 Å². The van der Waals surface area contributed by atoms with Crippen LogP contribution in [0.4, 0.5) is 0 Å². The third-order valence-electron chi connectivity index (χ3n) is 2.80. The molecular weight excluding hydrogens is 276 g/mol. The van der Waals surface area contributed by atoms with Crippen LogP contribution in [0.25, 0.3) is 10.9 Å². The fraction of sp³-hybridized carbons (Fsp3) is 0.214. The molecule has 1 aromatic carbocycles. The van der Waals surface area contributed by atoms with Gasteiger partial charge in [0.25, 0.3) is 5.91 Å². The highest BCUT2D eigenvalue weighted by molar-refractivity contribution is 7.80. The van der Waals surface area contributed by atoms with Crippen LogP contribution in [0, 0.1) is 0 Å². The zero-order valence-electron chi connectivity index (χ0n) is 10.9. The summed E-state index contributed by atoms with van der Waals surface area (Å²) in [5.41, 5.74) is 0.972. The highest BCUT2D eigenvalue weighted by Gasteiger charge is 2.21. The predicted molar refractivity (Wildman–Crippen MR) is 78.9 cm³/mol. The maximum absolute atomic E-state index is 12.1. The number of nitrogens with zero attached hydrogens (tertiary/aromatic N) is 1. The molecule has 2 rings (SSSR count). The number of thiol groups is 1. The summed E-state index contributed by atoms with van der Waals surface area (Å²) < 4.78 is 4.59. The number of para-hydroxylation sites is 1. The Bertz CT molecular complexity index is 645. The van der Waals surface area contributed by atoms with Crippen LogP contribution >= 0.6 is 12.6 Å². The Kier molecular flexibility index (Phi) is 4.57. The van der Waals surface area contributed by atoms with Gasteiger partial charge in [-0.2, -0.15) is 12.6 Å². The topological polar surface area (TPSA) is 68.3 Å². The van der Waals surface area contributed by atoms with Crippen molar-refractivity contribution in [3.8, 4) is 0 Å². The van der Waals surface area contributed by atoms with E-state index in [1.807, 2.05) is 30.3 Å². The second kappa shape index (κ2) is 6.38. The third kappa shape index (κ3) is 3.08. The van der Waals surface area contributed by atoms with Crippen molar-refractivity contribution in [1.29, 1.82) is 0 Å². The van der Waals surface area contributed by atoms with E-state index in [4.69, 9.17) is 0 Å². The minimum absolute atomic E-state index is 0.159. The quantitative estimate of drug-likeness (QED) is 0.660. The summed E-state index contributed by atoms with van der Waals surface area (Å²) in [6.07, 6.45) is 0. The maximum Gasteiger partial charge on any atom is 0.329 e. The van der Waals surface area contributed by atoms with Crippen molar-refractivity contribution in [2.75, 3.05) is 12.9 Å². The summed E-state index contributed by atoms with van der Waals surface area (Å²) in [4.78, 5) is 27.7. The number of nitrogens with one attached hydrogen (secondary N) is 1. The predicted octanol–water partition coefficient (Wildman–Crippen LogP) is 1.44. The summed E-state index contributed by atoms with van der Waals surface area (Å²) in [5.74, 6) is -0.805. The van der Waals surface area contributed by atoms with Crippen LogP contribution < -0.4 is 5.32 Å². The number of hydrogen-bond acceptors (Lipinski definition) is 5. The van der Waals surface area contributed by atoms with Crippen molar-refractivity contribution in [1.82, 2.24) is 10.3 Å². The van der Waals surface area contributed by atoms with Crippen LogP contribution in [0.1, 0.15) is 10.5 Å². The molecule has 1 atom stereocenters. The van der Waals surface area contributed by atoms with Gasteiger partial charge in [0, 0.05) is 11.1 Å². The Hall–Kier alpha value is -2.08. The number of aromatic nitrogens is 1. The molecular formula is C14H14N2O3S. The molecule has 2 aromatic rings. The summed E-state index contributed by atoms with van der Waals surface area (Å²) in [6, 6.07) is 10.1. The van der Waals surface area contributed by atoms with E-state index in [1.54, 1.807) is 6.07 Å². The Morgan fingerprint density at radius 3 is 2.75 bits per heavy atom. The lowest BCUT2D eigenvalue weighted by molar-refractivity contribution is -0.142. The molecule has 20 heavy (non-hydrogen) atoms. The highest BCUT2D eigenvalue weighted by Crippen LogP contribution is 2.11. The van der Waals surface area contributed by atoms with E-state index in [0.29, 0.717) is 0 Å². The van der Waals surface area contributed by atoms with Crippen molar-refractivity contribution in [3.63, 3.8) is 0 Å². The van der Waals surface area contributed by atoms with Gasteiger partial charge >= 0.3 is 5.97 Å². The van der Waals surface area contributed by atoms with Gasteiger partial charge in [0.1, 0.15) is 11.7 Å². The lowest BCUT2D eigenvalue weighted by atomic mass is 10.2. The Balaban J connectivity index is 2.20. The van der Waals surface area contributed by atoms with Gasteiger partial charge in [0.15, 0.2) is 0 Å². The van der Waals surface area contributed by atoms with Crippen molar-refractivity contribution in [2.24, 2.45) is 0 Å². The largest absolute Gasteiger partial charge is 0.467 e. The van der Waals surface area contributed by atoms with E-state index >= 15 is 0 Å². The van der Waals surface area contributed by atoms with Gasteiger partial charge in [-0.15, -0.1) is 0 Å². The van der Waals surface area contributed by atoms with Gasteiger partial charge in [-0.05, 0) is 12.1 Å². The van der Waals surface area contributed by atoms with Crippen molar-refractivity contribution in [2.45, 2.75) is 6.04 Å². The second-order valence-corrected chi connectivity index (χ2v) is 4.49. The molecule has 0 aliphatic rings. The average molecular weight is 290 g/mol. The number of amides is 1. The molecule has 0 unspecified atom stereocenters. The molecule has 5 nitrogen and oxygen atoms in total. The number of methoxy groups -OCH3 is 1. The first-order valence-electron chi connectivity index (χ1n) is 6.01. The van der Waals surface area contributed by atoms with Crippen molar-refractivity contribution in [3.05, 3.63) is 42.1 Å². The molecule has 0 saturated carbocycles. The molecule has 0 bridgehead atoms.